The maximum Gasteiger partial charge on any atom is 0.164 e. The molecule has 0 spiro atoms. The van der Waals surface area contributed by atoms with Crippen LogP contribution in [0.3, 0.4) is 0 Å². The number of nitrogens with zero attached hydrogens (tertiary/aromatic N) is 3. The molecule has 0 unspecified atom stereocenters. The van der Waals surface area contributed by atoms with E-state index in [1.807, 2.05) is 36.4 Å². The number of hydrogen-bond donors (Lipinski definition) is 0. The predicted molar refractivity (Wildman–Crippen MR) is 235 cm³/mol. The van der Waals surface area contributed by atoms with Crippen LogP contribution in [0.4, 0.5) is 0 Å². The molecule has 0 aliphatic heterocycles. The Labute approximate surface area is 334 Å². The van der Waals surface area contributed by atoms with E-state index in [0.717, 1.165) is 33.4 Å². The highest BCUT2D eigenvalue weighted by Gasteiger charge is 2.36. The molecule has 1 aliphatic carbocycles. The van der Waals surface area contributed by atoms with Crippen LogP contribution in [0.2, 0.25) is 0 Å². The first kappa shape index (κ1) is 34.3. The lowest BCUT2D eigenvalue weighted by atomic mass is 9.80. The fourth-order valence-corrected chi connectivity index (χ4v) is 8.34. The van der Waals surface area contributed by atoms with Crippen LogP contribution < -0.4 is 0 Å². The molecule has 57 heavy (non-hydrogen) atoms. The SMILES string of the molecule is CC1(C)c2ccccc2-c2cc(-c3ccccc3)c(-c3cccc(-c4cccc(-c5nc(-c6ccccc6)nc(-c6ccc(-c7ccccc7)cc6)n5)c4)c3)cc21. The van der Waals surface area contributed by atoms with Crippen molar-refractivity contribution in [3.8, 4) is 89.8 Å². The van der Waals surface area contributed by atoms with E-state index >= 15 is 0 Å². The molecule has 9 aromatic rings. The molecule has 10 rings (SSSR count). The van der Waals surface area contributed by atoms with Gasteiger partial charge in [-0.1, -0.05) is 190 Å². The van der Waals surface area contributed by atoms with Gasteiger partial charge in [-0.15, -0.1) is 0 Å². The van der Waals surface area contributed by atoms with Crippen LogP contribution in [0, 0.1) is 0 Å². The summed E-state index contributed by atoms with van der Waals surface area (Å²) in [6.45, 7) is 4.70. The molecule has 0 fully saturated rings. The second-order valence-corrected chi connectivity index (χ2v) is 15.3. The van der Waals surface area contributed by atoms with Gasteiger partial charge in [0.1, 0.15) is 0 Å². The summed E-state index contributed by atoms with van der Waals surface area (Å²) in [6.07, 6.45) is 0. The van der Waals surface area contributed by atoms with Crippen molar-refractivity contribution in [2.75, 3.05) is 0 Å². The van der Waals surface area contributed by atoms with Gasteiger partial charge in [0.05, 0.1) is 0 Å². The summed E-state index contributed by atoms with van der Waals surface area (Å²) in [7, 11) is 0. The quantitative estimate of drug-likeness (QED) is 0.164. The summed E-state index contributed by atoms with van der Waals surface area (Å²) >= 11 is 0. The molecule has 0 N–H and O–H groups in total. The fraction of sp³-hybridized carbons (Fsp3) is 0.0556. The normalized spacial score (nSPS) is 12.5. The summed E-state index contributed by atoms with van der Waals surface area (Å²) in [4.78, 5) is 15.1. The summed E-state index contributed by atoms with van der Waals surface area (Å²) in [5, 5.41) is 0. The monoisotopic (exact) mass is 729 g/mol. The van der Waals surface area contributed by atoms with Crippen LogP contribution in [-0.4, -0.2) is 15.0 Å². The molecular formula is C54H39N3. The Hall–Kier alpha value is -7.23. The van der Waals surface area contributed by atoms with Crippen LogP contribution in [0.15, 0.2) is 200 Å². The van der Waals surface area contributed by atoms with Gasteiger partial charge in [-0.3, -0.25) is 0 Å². The van der Waals surface area contributed by atoms with Gasteiger partial charge in [-0.2, -0.15) is 0 Å². The van der Waals surface area contributed by atoms with Crippen LogP contribution in [0.1, 0.15) is 25.0 Å². The Kier molecular flexibility index (Phi) is 8.49. The van der Waals surface area contributed by atoms with E-state index in [2.05, 4.69) is 178 Å². The number of hydrogen-bond acceptors (Lipinski definition) is 3. The fourth-order valence-electron chi connectivity index (χ4n) is 8.34. The number of benzene rings is 8. The first-order valence-corrected chi connectivity index (χ1v) is 19.5. The molecule has 0 radical (unpaired) electrons. The third kappa shape index (κ3) is 6.33. The van der Waals surface area contributed by atoms with E-state index in [1.54, 1.807) is 0 Å². The highest BCUT2D eigenvalue weighted by atomic mass is 15.0. The molecule has 1 aliphatic rings. The lowest BCUT2D eigenvalue weighted by Gasteiger charge is -2.23. The Balaban J connectivity index is 1.06. The Morgan fingerprint density at radius 3 is 1.33 bits per heavy atom. The van der Waals surface area contributed by atoms with Crippen LogP contribution in [-0.2, 0) is 5.41 Å². The molecule has 1 aromatic heterocycles. The van der Waals surface area contributed by atoms with Gasteiger partial charge in [-0.25, -0.2) is 15.0 Å². The Morgan fingerprint density at radius 1 is 0.263 bits per heavy atom. The first-order valence-electron chi connectivity index (χ1n) is 19.5. The summed E-state index contributed by atoms with van der Waals surface area (Å²) in [6, 6.07) is 71.0. The zero-order chi connectivity index (χ0) is 38.3. The number of fused-ring (bicyclic) bond motifs is 3. The first-order chi connectivity index (χ1) is 28.0. The molecule has 8 aromatic carbocycles. The van der Waals surface area contributed by atoms with E-state index in [-0.39, 0.29) is 5.41 Å². The van der Waals surface area contributed by atoms with Crippen LogP contribution in [0.5, 0.6) is 0 Å². The maximum atomic E-state index is 5.09. The second-order valence-electron chi connectivity index (χ2n) is 15.3. The average molecular weight is 730 g/mol. The standard InChI is InChI=1S/C54H39N3/c1-54(2)49-27-13-12-26-45(49)48-34-46(38-18-8-4-9-19-38)47(35-50(48)54)43-24-14-22-41(32-43)42-23-15-25-44(33-42)53-56-51(39-20-10-5-11-21-39)55-52(57-53)40-30-28-37(29-31-40)36-16-6-3-7-17-36/h3-35H,1-2H3. The van der Waals surface area contributed by atoms with E-state index in [9.17, 15) is 0 Å². The molecule has 3 nitrogen and oxygen atoms in total. The molecule has 0 saturated carbocycles. The Bertz CT molecular complexity index is 2900. The largest absolute Gasteiger partial charge is 0.208 e. The minimum absolute atomic E-state index is 0.103. The van der Waals surface area contributed by atoms with Crippen LogP contribution >= 0.6 is 0 Å². The van der Waals surface area contributed by atoms with Crippen molar-refractivity contribution in [3.63, 3.8) is 0 Å². The van der Waals surface area contributed by atoms with E-state index in [0.29, 0.717) is 17.5 Å². The van der Waals surface area contributed by atoms with Gasteiger partial charge in [-0.05, 0) is 91.0 Å². The summed E-state index contributed by atoms with van der Waals surface area (Å²) in [5.74, 6) is 1.92. The van der Waals surface area contributed by atoms with Gasteiger partial charge < -0.3 is 0 Å². The highest BCUT2D eigenvalue weighted by molar-refractivity contribution is 5.93. The minimum atomic E-state index is -0.103. The zero-order valence-electron chi connectivity index (χ0n) is 31.9. The number of rotatable bonds is 7. The van der Waals surface area contributed by atoms with E-state index in [1.165, 1.54) is 50.1 Å². The van der Waals surface area contributed by atoms with Crippen LogP contribution in [0.25, 0.3) is 89.8 Å². The molecule has 0 atom stereocenters. The lowest BCUT2D eigenvalue weighted by molar-refractivity contribution is 0.660. The molecular weight excluding hydrogens is 691 g/mol. The van der Waals surface area contributed by atoms with Crippen molar-refractivity contribution in [1.82, 2.24) is 15.0 Å². The van der Waals surface area contributed by atoms with Crippen molar-refractivity contribution in [2.24, 2.45) is 0 Å². The molecule has 1 heterocycles. The van der Waals surface area contributed by atoms with Crippen molar-refractivity contribution in [3.05, 3.63) is 211 Å². The molecule has 0 amide bonds. The van der Waals surface area contributed by atoms with Crippen molar-refractivity contribution in [1.29, 1.82) is 0 Å². The topological polar surface area (TPSA) is 38.7 Å². The highest BCUT2D eigenvalue weighted by Crippen LogP contribution is 2.52. The Morgan fingerprint density at radius 2 is 0.684 bits per heavy atom. The lowest BCUT2D eigenvalue weighted by Crippen LogP contribution is -2.15. The molecule has 0 bridgehead atoms. The van der Waals surface area contributed by atoms with E-state index in [4.69, 9.17) is 15.0 Å². The van der Waals surface area contributed by atoms with Gasteiger partial charge in [0, 0.05) is 22.1 Å². The third-order valence-electron chi connectivity index (χ3n) is 11.4. The van der Waals surface area contributed by atoms with Gasteiger partial charge in [0.2, 0.25) is 0 Å². The summed E-state index contributed by atoms with van der Waals surface area (Å²) in [5.41, 5.74) is 17.5. The second kappa shape index (κ2) is 14.1. The minimum Gasteiger partial charge on any atom is -0.208 e. The number of aromatic nitrogens is 3. The third-order valence-corrected chi connectivity index (χ3v) is 11.4. The molecule has 0 saturated heterocycles. The van der Waals surface area contributed by atoms with Gasteiger partial charge in [0.25, 0.3) is 0 Å². The average Bonchev–Trinajstić information content (AvgIpc) is 3.51. The maximum absolute atomic E-state index is 5.09. The van der Waals surface area contributed by atoms with Crippen molar-refractivity contribution in [2.45, 2.75) is 19.3 Å². The smallest absolute Gasteiger partial charge is 0.164 e. The molecule has 270 valence electrons. The van der Waals surface area contributed by atoms with E-state index < -0.39 is 0 Å². The van der Waals surface area contributed by atoms with Gasteiger partial charge >= 0.3 is 0 Å². The molecule has 3 heteroatoms. The zero-order valence-corrected chi connectivity index (χ0v) is 31.9. The summed E-state index contributed by atoms with van der Waals surface area (Å²) < 4.78 is 0. The van der Waals surface area contributed by atoms with Crippen molar-refractivity contribution >= 4 is 0 Å². The van der Waals surface area contributed by atoms with Crippen molar-refractivity contribution < 1.29 is 0 Å². The predicted octanol–water partition coefficient (Wildman–Crippen LogP) is 13.8. The van der Waals surface area contributed by atoms with Gasteiger partial charge in [0.15, 0.2) is 17.5 Å².